The molecule has 0 fully saturated rings. The zero-order valence-corrected chi connectivity index (χ0v) is 15.7. The summed E-state index contributed by atoms with van der Waals surface area (Å²) in [4.78, 5) is 11.7. The molecule has 1 heterocycles. The predicted molar refractivity (Wildman–Crippen MR) is 110 cm³/mol. The monoisotopic (exact) mass is 346 g/mol. The van der Waals surface area contributed by atoms with Gasteiger partial charge in [-0.1, -0.05) is 60.2 Å². The molecule has 1 aromatic heterocycles. The SMILES string of the molecule is CCN(CC)c1cc(-c2ccccc2)nc(NCc2ccc(C)cc2)n1. The molecule has 0 saturated heterocycles. The minimum atomic E-state index is 0.661. The van der Waals surface area contributed by atoms with Crippen molar-refractivity contribution in [2.45, 2.75) is 27.3 Å². The fourth-order valence-corrected chi connectivity index (χ4v) is 2.87. The highest BCUT2D eigenvalue weighted by atomic mass is 15.2. The van der Waals surface area contributed by atoms with Gasteiger partial charge >= 0.3 is 0 Å². The van der Waals surface area contributed by atoms with Crippen molar-refractivity contribution in [1.29, 1.82) is 0 Å². The van der Waals surface area contributed by atoms with Gasteiger partial charge in [-0.25, -0.2) is 4.98 Å². The normalized spacial score (nSPS) is 10.6. The number of rotatable bonds is 7. The quantitative estimate of drug-likeness (QED) is 0.660. The van der Waals surface area contributed by atoms with Crippen LogP contribution >= 0.6 is 0 Å². The van der Waals surface area contributed by atoms with Gasteiger partial charge in [0.2, 0.25) is 5.95 Å². The van der Waals surface area contributed by atoms with Crippen LogP contribution in [0.4, 0.5) is 11.8 Å². The van der Waals surface area contributed by atoms with Gasteiger partial charge in [-0.2, -0.15) is 4.98 Å². The van der Waals surface area contributed by atoms with E-state index in [1.54, 1.807) is 0 Å². The van der Waals surface area contributed by atoms with E-state index in [-0.39, 0.29) is 0 Å². The Balaban J connectivity index is 1.90. The van der Waals surface area contributed by atoms with Crippen LogP contribution in [0.2, 0.25) is 0 Å². The summed E-state index contributed by atoms with van der Waals surface area (Å²) in [6, 6.07) is 20.8. The molecule has 4 nitrogen and oxygen atoms in total. The Hall–Kier alpha value is -2.88. The Bertz CT molecular complexity index is 825. The summed E-state index contributed by atoms with van der Waals surface area (Å²) in [5.74, 6) is 1.61. The molecule has 0 radical (unpaired) electrons. The zero-order chi connectivity index (χ0) is 18.4. The van der Waals surface area contributed by atoms with E-state index in [0.717, 1.165) is 30.2 Å². The fourth-order valence-electron chi connectivity index (χ4n) is 2.87. The Morgan fingerprint density at radius 3 is 2.23 bits per heavy atom. The van der Waals surface area contributed by atoms with Gasteiger partial charge in [0.1, 0.15) is 5.82 Å². The number of benzene rings is 2. The van der Waals surface area contributed by atoms with Gasteiger partial charge in [0, 0.05) is 31.3 Å². The average Bonchev–Trinajstić information content (AvgIpc) is 2.69. The van der Waals surface area contributed by atoms with Crippen molar-refractivity contribution in [3.05, 3.63) is 71.8 Å². The average molecular weight is 346 g/mol. The highest BCUT2D eigenvalue weighted by molar-refractivity contribution is 5.64. The molecule has 0 amide bonds. The van der Waals surface area contributed by atoms with Crippen molar-refractivity contribution in [3.63, 3.8) is 0 Å². The van der Waals surface area contributed by atoms with E-state index < -0.39 is 0 Å². The lowest BCUT2D eigenvalue weighted by molar-refractivity contribution is 0.841. The lowest BCUT2D eigenvalue weighted by Gasteiger charge is -2.21. The smallest absolute Gasteiger partial charge is 0.225 e. The molecule has 4 heteroatoms. The summed E-state index contributed by atoms with van der Waals surface area (Å²) >= 11 is 0. The molecule has 0 unspecified atom stereocenters. The Kier molecular flexibility index (Phi) is 5.84. The van der Waals surface area contributed by atoms with Crippen molar-refractivity contribution in [1.82, 2.24) is 9.97 Å². The van der Waals surface area contributed by atoms with Gasteiger partial charge < -0.3 is 10.2 Å². The van der Waals surface area contributed by atoms with Crippen molar-refractivity contribution < 1.29 is 0 Å². The molecule has 3 aromatic rings. The maximum atomic E-state index is 4.74. The number of aryl methyl sites for hydroxylation is 1. The molecule has 0 aliphatic carbocycles. The molecule has 26 heavy (non-hydrogen) atoms. The Labute approximate surface area is 155 Å². The number of aromatic nitrogens is 2. The van der Waals surface area contributed by atoms with Crippen LogP contribution in [0.15, 0.2) is 60.7 Å². The number of anilines is 2. The second-order valence-electron chi connectivity index (χ2n) is 6.31. The summed E-state index contributed by atoms with van der Waals surface area (Å²) in [5, 5.41) is 3.39. The minimum absolute atomic E-state index is 0.661. The van der Waals surface area contributed by atoms with E-state index in [1.807, 2.05) is 18.2 Å². The van der Waals surface area contributed by atoms with E-state index in [4.69, 9.17) is 9.97 Å². The van der Waals surface area contributed by atoms with Gasteiger partial charge in [-0.15, -0.1) is 0 Å². The molecule has 0 saturated carbocycles. The van der Waals surface area contributed by atoms with Crippen molar-refractivity contribution in [3.8, 4) is 11.3 Å². The first kappa shape index (κ1) is 17.9. The molecule has 2 aromatic carbocycles. The first-order valence-electron chi connectivity index (χ1n) is 9.18. The Morgan fingerprint density at radius 2 is 1.58 bits per heavy atom. The van der Waals surface area contributed by atoms with Crippen molar-refractivity contribution >= 4 is 11.8 Å². The second kappa shape index (κ2) is 8.48. The third-order valence-corrected chi connectivity index (χ3v) is 4.44. The van der Waals surface area contributed by atoms with Gasteiger partial charge in [0.15, 0.2) is 0 Å². The Morgan fingerprint density at radius 1 is 0.885 bits per heavy atom. The van der Waals surface area contributed by atoms with Gasteiger partial charge in [0.05, 0.1) is 5.69 Å². The van der Waals surface area contributed by atoms with Crippen LogP contribution in [0.3, 0.4) is 0 Å². The van der Waals surface area contributed by atoms with Crippen molar-refractivity contribution in [2.24, 2.45) is 0 Å². The highest BCUT2D eigenvalue weighted by Crippen LogP contribution is 2.23. The summed E-state index contributed by atoms with van der Waals surface area (Å²) < 4.78 is 0. The number of hydrogen-bond donors (Lipinski definition) is 1. The van der Waals surface area contributed by atoms with Crippen LogP contribution in [-0.2, 0) is 6.54 Å². The number of hydrogen-bond acceptors (Lipinski definition) is 4. The summed E-state index contributed by atoms with van der Waals surface area (Å²) in [6.45, 7) is 8.93. The van der Waals surface area contributed by atoms with E-state index in [1.165, 1.54) is 11.1 Å². The molecule has 0 aliphatic heterocycles. The number of nitrogens with zero attached hydrogens (tertiary/aromatic N) is 3. The standard InChI is InChI=1S/C22H26N4/c1-4-26(5-2)21-15-20(19-9-7-6-8-10-19)24-22(25-21)23-16-18-13-11-17(3)12-14-18/h6-15H,4-5,16H2,1-3H3,(H,23,24,25). The molecule has 134 valence electrons. The molecule has 1 N–H and O–H groups in total. The van der Waals surface area contributed by atoms with E-state index >= 15 is 0 Å². The van der Waals surface area contributed by atoms with Crippen LogP contribution < -0.4 is 10.2 Å². The molecule has 0 spiro atoms. The second-order valence-corrected chi connectivity index (χ2v) is 6.31. The fraction of sp³-hybridized carbons (Fsp3) is 0.273. The topological polar surface area (TPSA) is 41.1 Å². The van der Waals surface area contributed by atoms with Crippen LogP contribution in [0.1, 0.15) is 25.0 Å². The molecule has 0 aliphatic rings. The third kappa shape index (κ3) is 4.39. The van der Waals surface area contributed by atoms with Gasteiger partial charge in [-0.3, -0.25) is 0 Å². The van der Waals surface area contributed by atoms with Crippen LogP contribution in [0, 0.1) is 6.92 Å². The molecule has 0 bridgehead atoms. The molecular formula is C22H26N4. The highest BCUT2D eigenvalue weighted by Gasteiger charge is 2.10. The third-order valence-electron chi connectivity index (χ3n) is 4.44. The maximum Gasteiger partial charge on any atom is 0.225 e. The summed E-state index contributed by atoms with van der Waals surface area (Å²) in [7, 11) is 0. The van der Waals surface area contributed by atoms with E-state index in [9.17, 15) is 0 Å². The van der Waals surface area contributed by atoms with E-state index in [0.29, 0.717) is 12.5 Å². The van der Waals surface area contributed by atoms with Crippen LogP contribution in [-0.4, -0.2) is 23.1 Å². The van der Waals surface area contributed by atoms with Gasteiger partial charge in [-0.05, 0) is 26.3 Å². The summed E-state index contributed by atoms with van der Waals surface area (Å²) in [5.41, 5.74) is 4.52. The van der Waals surface area contributed by atoms with Crippen LogP contribution in [0.5, 0.6) is 0 Å². The van der Waals surface area contributed by atoms with E-state index in [2.05, 4.69) is 73.5 Å². The first-order valence-corrected chi connectivity index (χ1v) is 9.18. The number of nitrogens with one attached hydrogen (secondary N) is 1. The van der Waals surface area contributed by atoms with Crippen molar-refractivity contribution in [2.75, 3.05) is 23.3 Å². The first-order chi connectivity index (χ1) is 12.7. The lowest BCUT2D eigenvalue weighted by Crippen LogP contribution is -2.23. The molecular weight excluding hydrogens is 320 g/mol. The molecule has 3 rings (SSSR count). The maximum absolute atomic E-state index is 4.74. The van der Waals surface area contributed by atoms with Crippen LogP contribution in [0.25, 0.3) is 11.3 Å². The molecule has 0 atom stereocenters. The largest absolute Gasteiger partial charge is 0.357 e. The minimum Gasteiger partial charge on any atom is -0.357 e. The lowest BCUT2D eigenvalue weighted by atomic mass is 10.1. The van der Waals surface area contributed by atoms with Gasteiger partial charge in [0.25, 0.3) is 0 Å². The summed E-state index contributed by atoms with van der Waals surface area (Å²) in [6.07, 6.45) is 0. The predicted octanol–water partition coefficient (Wildman–Crippen LogP) is 4.91. The zero-order valence-electron chi connectivity index (χ0n) is 15.7.